The minimum absolute atomic E-state index is 0.720. The van der Waals surface area contributed by atoms with Crippen molar-refractivity contribution in [1.82, 2.24) is 19.4 Å². The highest BCUT2D eigenvalue weighted by molar-refractivity contribution is 5.84. The Balaban J connectivity index is 1.97. The average molecular weight is 246 g/mol. The smallest absolute Gasteiger partial charge is 0.234 e. The first kappa shape index (κ1) is 10.2. The lowest BCUT2D eigenvalue weighted by molar-refractivity contribution is 1.14. The molecule has 0 saturated carbocycles. The Labute approximate surface area is 109 Å². The highest BCUT2D eigenvalue weighted by Gasteiger charge is 2.03. The van der Waals surface area contributed by atoms with Crippen molar-refractivity contribution >= 4 is 16.7 Å². The van der Waals surface area contributed by atoms with E-state index in [0.29, 0.717) is 0 Å². The molecule has 0 amide bonds. The van der Waals surface area contributed by atoms with Crippen LogP contribution in [0.25, 0.3) is 27.9 Å². The Kier molecular flexibility index (Phi) is 2.08. The topological polar surface area (TPSA) is 43.1 Å². The lowest BCUT2D eigenvalue weighted by Gasteiger charge is -2.03. The molecule has 0 saturated heterocycles. The van der Waals surface area contributed by atoms with Gasteiger partial charge in [-0.05, 0) is 24.3 Å². The monoisotopic (exact) mass is 246 g/mol. The lowest BCUT2D eigenvalue weighted by Crippen LogP contribution is -1.90. The second kappa shape index (κ2) is 3.88. The minimum atomic E-state index is 0.720. The van der Waals surface area contributed by atoms with Gasteiger partial charge in [0.05, 0.1) is 11.2 Å². The summed E-state index contributed by atoms with van der Waals surface area (Å²) in [6.45, 7) is 0. The number of hydrogen-bond donors (Lipinski definition) is 0. The van der Waals surface area contributed by atoms with Crippen LogP contribution in [-0.4, -0.2) is 19.4 Å². The summed E-state index contributed by atoms with van der Waals surface area (Å²) in [6.07, 6.45) is 7.49. The van der Waals surface area contributed by atoms with Gasteiger partial charge >= 0.3 is 0 Å². The third-order valence-electron chi connectivity index (χ3n) is 3.14. The molecule has 0 aliphatic rings. The summed E-state index contributed by atoms with van der Waals surface area (Å²) in [5, 5.41) is 1.08. The SMILES string of the molecule is c1ccc(-c2ccc3nc4nccn4cc3c2)nc1. The third kappa shape index (κ3) is 1.65. The van der Waals surface area contributed by atoms with E-state index in [1.54, 1.807) is 12.4 Å². The average Bonchev–Trinajstić information content (AvgIpc) is 2.92. The molecule has 4 nitrogen and oxygen atoms in total. The predicted octanol–water partition coefficient (Wildman–Crippen LogP) is 2.94. The molecule has 3 heterocycles. The second-order valence-electron chi connectivity index (χ2n) is 4.36. The number of rotatable bonds is 1. The quantitative estimate of drug-likeness (QED) is 0.518. The Morgan fingerprint density at radius 2 is 1.95 bits per heavy atom. The minimum Gasteiger partial charge on any atom is -0.291 e. The molecule has 0 bridgehead atoms. The molecule has 0 aliphatic carbocycles. The van der Waals surface area contributed by atoms with Gasteiger partial charge in [0.15, 0.2) is 0 Å². The van der Waals surface area contributed by atoms with E-state index in [0.717, 1.165) is 27.9 Å². The van der Waals surface area contributed by atoms with Crippen LogP contribution in [0.3, 0.4) is 0 Å². The van der Waals surface area contributed by atoms with Crippen molar-refractivity contribution < 1.29 is 0 Å². The Bertz CT molecular complexity index is 865. The van der Waals surface area contributed by atoms with Crippen LogP contribution in [0.5, 0.6) is 0 Å². The number of pyridine rings is 1. The van der Waals surface area contributed by atoms with Gasteiger partial charge in [0.1, 0.15) is 0 Å². The number of imidazole rings is 1. The molecule has 0 radical (unpaired) electrons. The van der Waals surface area contributed by atoms with E-state index in [9.17, 15) is 0 Å². The fourth-order valence-electron chi connectivity index (χ4n) is 2.20. The normalized spacial score (nSPS) is 11.2. The zero-order valence-corrected chi connectivity index (χ0v) is 10.1. The van der Waals surface area contributed by atoms with E-state index in [4.69, 9.17) is 0 Å². The third-order valence-corrected chi connectivity index (χ3v) is 3.14. The van der Waals surface area contributed by atoms with Crippen LogP contribution >= 0.6 is 0 Å². The van der Waals surface area contributed by atoms with Gasteiger partial charge in [-0.15, -0.1) is 0 Å². The second-order valence-corrected chi connectivity index (χ2v) is 4.36. The molecule has 90 valence electrons. The molecule has 0 N–H and O–H groups in total. The maximum atomic E-state index is 4.50. The van der Waals surface area contributed by atoms with Crippen molar-refractivity contribution in [1.29, 1.82) is 0 Å². The summed E-state index contributed by atoms with van der Waals surface area (Å²) < 4.78 is 1.92. The molecule has 1 aromatic carbocycles. The van der Waals surface area contributed by atoms with Crippen LogP contribution in [0, 0.1) is 0 Å². The number of aromatic nitrogens is 4. The number of benzene rings is 1. The first-order valence-electron chi connectivity index (χ1n) is 6.05. The Hall–Kier alpha value is -2.75. The zero-order chi connectivity index (χ0) is 12.7. The van der Waals surface area contributed by atoms with Gasteiger partial charge in [0.25, 0.3) is 0 Å². The van der Waals surface area contributed by atoms with Gasteiger partial charge in [-0.1, -0.05) is 12.1 Å². The fraction of sp³-hybridized carbons (Fsp3) is 0. The summed E-state index contributed by atoms with van der Waals surface area (Å²) in [5.74, 6) is 0.720. The van der Waals surface area contributed by atoms with Crippen molar-refractivity contribution in [3.8, 4) is 11.3 Å². The van der Waals surface area contributed by atoms with E-state index in [1.165, 1.54) is 0 Å². The number of hydrogen-bond acceptors (Lipinski definition) is 3. The summed E-state index contributed by atoms with van der Waals surface area (Å²) in [6, 6.07) is 12.1. The van der Waals surface area contributed by atoms with Crippen LogP contribution in [0.15, 0.2) is 61.2 Å². The first-order chi connectivity index (χ1) is 9.40. The van der Waals surface area contributed by atoms with Crippen LogP contribution in [0.1, 0.15) is 0 Å². The molecule has 4 heteroatoms. The van der Waals surface area contributed by atoms with Gasteiger partial charge in [0, 0.05) is 35.7 Å². The molecule has 0 fully saturated rings. The first-order valence-corrected chi connectivity index (χ1v) is 6.05. The van der Waals surface area contributed by atoms with Crippen LogP contribution in [0.2, 0.25) is 0 Å². The summed E-state index contributed by atoms with van der Waals surface area (Å²) in [5.41, 5.74) is 3.00. The zero-order valence-electron chi connectivity index (χ0n) is 10.1. The van der Waals surface area contributed by atoms with Crippen molar-refractivity contribution in [3.05, 3.63) is 61.2 Å². The maximum absolute atomic E-state index is 4.50. The Morgan fingerprint density at radius 1 is 0.947 bits per heavy atom. The summed E-state index contributed by atoms with van der Waals surface area (Å²) in [4.78, 5) is 13.1. The van der Waals surface area contributed by atoms with E-state index < -0.39 is 0 Å². The fourth-order valence-corrected chi connectivity index (χ4v) is 2.20. The van der Waals surface area contributed by atoms with Crippen molar-refractivity contribution in [2.24, 2.45) is 0 Å². The molecular formula is C15H10N4. The van der Waals surface area contributed by atoms with Gasteiger partial charge in [0.2, 0.25) is 5.78 Å². The molecule has 4 aromatic rings. The number of fused-ring (bicyclic) bond motifs is 2. The summed E-state index contributed by atoms with van der Waals surface area (Å²) in [7, 11) is 0. The molecule has 0 aliphatic heterocycles. The highest BCUT2D eigenvalue weighted by Crippen LogP contribution is 2.22. The standard InChI is InChI=1S/C15H10N4/c1-2-6-16-13(3-1)11-4-5-14-12(9-11)10-19-8-7-17-15(19)18-14/h1-10H. The van der Waals surface area contributed by atoms with Crippen LogP contribution in [0.4, 0.5) is 0 Å². The number of nitrogens with zero attached hydrogens (tertiary/aromatic N) is 4. The van der Waals surface area contributed by atoms with Gasteiger partial charge in [-0.2, -0.15) is 0 Å². The van der Waals surface area contributed by atoms with E-state index >= 15 is 0 Å². The molecule has 0 spiro atoms. The van der Waals surface area contributed by atoms with Crippen molar-refractivity contribution in [2.45, 2.75) is 0 Å². The molecule has 4 rings (SSSR count). The highest BCUT2D eigenvalue weighted by atomic mass is 15.1. The molecule has 19 heavy (non-hydrogen) atoms. The van der Waals surface area contributed by atoms with E-state index in [1.807, 2.05) is 47.1 Å². The maximum Gasteiger partial charge on any atom is 0.234 e. The molecular weight excluding hydrogens is 236 g/mol. The predicted molar refractivity (Wildman–Crippen MR) is 73.7 cm³/mol. The molecule has 0 atom stereocenters. The van der Waals surface area contributed by atoms with Crippen LogP contribution in [-0.2, 0) is 0 Å². The lowest BCUT2D eigenvalue weighted by atomic mass is 10.1. The largest absolute Gasteiger partial charge is 0.291 e. The summed E-state index contributed by atoms with van der Waals surface area (Å²) >= 11 is 0. The van der Waals surface area contributed by atoms with Crippen molar-refractivity contribution in [3.63, 3.8) is 0 Å². The van der Waals surface area contributed by atoms with Gasteiger partial charge < -0.3 is 0 Å². The molecule has 0 unspecified atom stereocenters. The van der Waals surface area contributed by atoms with Crippen LogP contribution < -0.4 is 0 Å². The van der Waals surface area contributed by atoms with Gasteiger partial charge in [-0.25, -0.2) is 9.97 Å². The van der Waals surface area contributed by atoms with Crippen molar-refractivity contribution in [2.75, 3.05) is 0 Å². The van der Waals surface area contributed by atoms with E-state index in [-0.39, 0.29) is 0 Å². The van der Waals surface area contributed by atoms with E-state index in [2.05, 4.69) is 21.0 Å². The van der Waals surface area contributed by atoms with Gasteiger partial charge in [-0.3, -0.25) is 9.38 Å². The Morgan fingerprint density at radius 3 is 2.84 bits per heavy atom. The molecule has 3 aromatic heterocycles.